The molecule has 6 heteroatoms. The van der Waals surface area contributed by atoms with E-state index in [0.717, 1.165) is 24.1 Å². The maximum Gasteiger partial charge on any atom is 0.240 e. The van der Waals surface area contributed by atoms with Crippen molar-refractivity contribution < 1.29 is 13.2 Å². The zero-order valence-electron chi connectivity index (χ0n) is 13.4. The normalized spacial score (nSPS) is 15.7. The van der Waals surface area contributed by atoms with Gasteiger partial charge in [0.05, 0.1) is 4.90 Å². The van der Waals surface area contributed by atoms with Gasteiger partial charge in [0.25, 0.3) is 0 Å². The van der Waals surface area contributed by atoms with E-state index < -0.39 is 10.0 Å². The second kappa shape index (κ2) is 6.79. The Morgan fingerprint density at radius 3 is 2.73 bits per heavy atom. The minimum Gasteiger partial charge on any atom is -0.312 e. The first-order valence-electron chi connectivity index (χ1n) is 7.84. The fourth-order valence-electron chi connectivity index (χ4n) is 2.82. The van der Waals surface area contributed by atoms with Crippen molar-refractivity contribution in [2.24, 2.45) is 0 Å². The minimum absolute atomic E-state index is 0.0732. The Labute approximate surface area is 132 Å². The molecule has 1 aliphatic rings. The highest BCUT2D eigenvalue weighted by Crippen LogP contribution is 2.30. The largest absolute Gasteiger partial charge is 0.312 e. The van der Waals surface area contributed by atoms with Gasteiger partial charge >= 0.3 is 0 Å². The van der Waals surface area contributed by atoms with Gasteiger partial charge in [0.15, 0.2) is 0 Å². The monoisotopic (exact) mass is 324 g/mol. The number of fused-ring (bicyclic) bond motifs is 1. The Balaban J connectivity index is 2.24. The van der Waals surface area contributed by atoms with Crippen LogP contribution in [0.1, 0.15) is 45.6 Å². The second-order valence-corrected chi connectivity index (χ2v) is 7.46. The number of sulfonamides is 1. The predicted molar refractivity (Wildman–Crippen MR) is 87.5 cm³/mol. The maximum absolute atomic E-state index is 12.4. The van der Waals surface area contributed by atoms with Gasteiger partial charge in [-0.2, -0.15) is 0 Å². The van der Waals surface area contributed by atoms with E-state index >= 15 is 0 Å². The third-order valence-electron chi connectivity index (χ3n) is 3.94. The molecule has 0 aliphatic carbocycles. The van der Waals surface area contributed by atoms with Gasteiger partial charge in [-0.1, -0.05) is 20.3 Å². The molecule has 1 N–H and O–H groups in total. The van der Waals surface area contributed by atoms with Crippen LogP contribution in [-0.2, 0) is 21.2 Å². The molecule has 0 saturated carbocycles. The molecular formula is C16H24N2O3S. The zero-order valence-corrected chi connectivity index (χ0v) is 14.2. The summed E-state index contributed by atoms with van der Waals surface area (Å²) in [7, 11) is -3.50. The van der Waals surface area contributed by atoms with E-state index in [2.05, 4.69) is 4.72 Å². The van der Waals surface area contributed by atoms with Crippen LogP contribution in [0.3, 0.4) is 0 Å². The van der Waals surface area contributed by atoms with E-state index in [1.54, 1.807) is 23.1 Å². The fourth-order valence-corrected chi connectivity index (χ4v) is 4.15. The molecule has 0 saturated heterocycles. The summed E-state index contributed by atoms with van der Waals surface area (Å²) >= 11 is 0. The number of nitrogens with one attached hydrogen (secondary N) is 1. The van der Waals surface area contributed by atoms with Crippen LogP contribution in [0.2, 0.25) is 0 Å². The third-order valence-corrected chi connectivity index (χ3v) is 5.53. The molecule has 0 spiro atoms. The number of amides is 1. The number of hydrogen-bond acceptors (Lipinski definition) is 3. The first-order valence-corrected chi connectivity index (χ1v) is 9.33. The number of carbonyl (C=O) groups excluding carboxylic acids is 1. The first-order chi connectivity index (χ1) is 10.4. The minimum atomic E-state index is -3.50. The SMILES string of the molecule is CCCC(C)NS(=O)(=O)c1ccc2c(c1)CCN2C(=O)CC. The molecule has 1 amide bonds. The summed E-state index contributed by atoms with van der Waals surface area (Å²) in [6, 6.07) is 4.94. The molecule has 122 valence electrons. The van der Waals surface area contributed by atoms with Crippen LogP contribution < -0.4 is 9.62 Å². The van der Waals surface area contributed by atoms with E-state index in [0.29, 0.717) is 19.4 Å². The van der Waals surface area contributed by atoms with Gasteiger partial charge in [0, 0.05) is 24.7 Å². The van der Waals surface area contributed by atoms with Crippen LogP contribution in [0.4, 0.5) is 5.69 Å². The lowest BCUT2D eigenvalue weighted by atomic mass is 10.2. The number of carbonyl (C=O) groups is 1. The summed E-state index contributed by atoms with van der Waals surface area (Å²) in [6.07, 6.45) is 2.90. The van der Waals surface area contributed by atoms with Crippen molar-refractivity contribution in [3.05, 3.63) is 23.8 Å². The predicted octanol–water partition coefficient (Wildman–Crippen LogP) is 2.45. The van der Waals surface area contributed by atoms with E-state index in [1.807, 2.05) is 20.8 Å². The van der Waals surface area contributed by atoms with Gasteiger partial charge in [-0.15, -0.1) is 0 Å². The van der Waals surface area contributed by atoms with Crippen LogP contribution in [0.5, 0.6) is 0 Å². The standard InChI is InChI=1S/C16H24N2O3S/c1-4-6-12(3)17-22(20,21)14-7-8-15-13(11-14)9-10-18(15)16(19)5-2/h7-8,11-12,17H,4-6,9-10H2,1-3H3. The van der Waals surface area contributed by atoms with Gasteiger partial charge in [-0.3, -0.25) is 4.79 Å². The third kappa shape index (κ3) is 3.50. The van der Waals surface area contributed by atoms with Crippen LogP contribution in [0.25, 0.3) is 0 Å². The van der Waals surface area contributed by atoms with Gasteiger partial charge in [0.2, 0.25) is 15.9 Å². The zero-order chi connectivity index (χ0) is 16.3. The lowest BCUT2D eigenvalue weighted by molar-refractivity contribution is -0.118. The van der Waals surface area contributed by atoms with E-state index in [1.165, 1.54) is 0 Å². The van der Waals surface area contributed by atoms with E-state index in [-0.39, 0.29) is 16.8 Å². The van der Waals surface area contributed by atoms with Crippen molar-refractivity contribution in [3.8, 4) is 0 Å². The number of benzene rings is 1. The molecule has 1 atom stereocenters. The van der Waals surface area contributed by atoms with E-state index in [4.69, 9.17) is 0 Å². The molecule has 5 nitrogen and oxygen atoms in total. The summed E-state index contributed by atoms with van der Waals surface area (Å²) in [4.78, 5) is 13.9. The molecule has 1 aliphatic heterocycles. The summed E-state index contributed by atoms with van der Waals surface area (Å²) in [5.74, 6) is 0.0732. The van der Waals surface area contributed by atoms with Gasteiger partial charge in [0.1, 0.15) is 0 Å². The Bertz CT molecular complexity index is 655. The Hall–Kier alpha value is -1.40. The average molecular weight is 324 g/mol. The molecule has 2 rings (SSSR count). The number of hydrogen-bond donors (Lipinski definition) is 1. The van der Waals surface area contributed by atoms with Crippen LogP contribution in [0, 0.1) is 0 Å². The van der Waals surface area contributed by atoms with Crippen molar-refractivity contribution in [2.45, 2.75) is 57.4 Å². The van der Waals surface area contributed by atoms with Crippen molar-refractivity contribution in [1.29, 1.82) is 0 Å². The topological polar surface area (TPSA) is 66.5 Å². The summed E-state index contributed by atoms with van der Waals surface area (Å²) in [6.45, 7) is 6.36. The Morgan fingerprint density at radius 2 is 2.09 bits per heavy atom. The molecule has 0 aromatic heterocycles. The Kier molecular flexibility index (Phi) is 5.24. The van der Waals surface area contributed by atoms with Crippen molar-refractivity contribution in [1.82, 2.24) is 4.72 Å². The molecule has 1 aromatic rings. The first kappa shape index (κ1) is 17.0. The smallest absolute Gasteiger partial charge is 0.240 e. The molecule has 0 radical (unpaired) electrons. The molecular weight excluding hydrogens is 300 g/mol. The highest BCUT2D eigenvalue weighted by Gasteiger charge is 2.26. The van der Waals surface area contributed by atoms with Crippen molar-refractivity contribution in [2.75, 3.05) is 11.4 Å². The van der Waals surface area contributed by atoms with Crippen LogP contribution in [-0.4, -0.2) is 26.9 Å². The molecule has 1 unspecified atom stereocenters. The van der Waals surface area contributed by atoms with Crippen LogP contribution >= 0.6 is 0 Å². The van der Waals surface area contributed by atoms with Gasteiger partial charge < -0.3 is 4.90 Å². The number of rotatable bonds is 6. The van der Waals surface area contributed by atoms with Crippen molar-refractivity contribution in [3.63, 3.8) is 0 Å². The quantitative estimate of drug-likeness (QED) is 0.874. The molecule has 22 heavy (non-hydrogen) atoms. The van der Waals surface area contributed by atoms with Crippen LogP contribution in [0.15, 0.2) is 23.1 Å². The average Bonchev–Trinajstić information content (AvgIpc) is 2.89. The highest BCUT2D eigenvalue weighted by atomic mass is 32.2. The summed E-state index contributed by atoms with van der Waals surface area (Å²) in [5.41, 5.74) is 1.76. The second-order valence-electron chi connectivity index (χ2n) is 5.75. The lowest BCUT2D eigenvalue weighted by Crippen LogP contribution is -2.32. The number of anilines is 1. The Morgan fingerprint density at radius 1 is 1.36 bits per heavy atom. The lowest BCUT2D eigenvalue weighted by Gasteiger charge is -2.17. The molecule has 0 fully saturated rings. The summed E-state index contributed by atoms with van der Waals surface area (Å²) < 4.78 is 27.5. The highest BCUT2D eigenvalue weighted by molar-refractivity contribution is 7.89. The maximum atomic E-state index is 12.4. The molecule has 1 heterocycles. The van der Waals surface area contributed by atoms with Gasteiger partial charge in [-0.05, 0) is 43.5 Å². The molecule has 1 aromatic carbocycles. The van der Waals surface area contributed by atoms with Crippen molar-refractivity contribution >= 4 is 21.6 Å². The van der Waals surface area contributed by atoms with Gasteiger partial charge in [-0.25, -0.2) is 13.1 Å². The van der Waals surface area contributed by atoms with E-state index in [9.17, 15) is 13.2 Å². The summed E-state index contributed by atoms with van der Waals surface area (Å²) in [5, 5.41) is 0. The number of nitrogens with zero attached hydrogens (tertiary/aromatic N) is 1. The fraction of sp³-hybridized carbons (Fsp3) is 0.562. The molecule has 0 bridgehead atoms.